The Morgan fingerprint density at radius 3 is 2.22 bits per heavy atom. The molecule has 1 aliphatic rings. The van der Waals surface area contributed by atoms with Crippen LogP contribution in [0.15, 0.2) is 0 Å². The molecule has 1 aliphatic carbocycles. The van der Waals surface area contributed by atoms with Crippen LogP contribution in [0.3, 0.4) is 0 Å². The molecular weight excluding hydrogens is 248 g/mol. The zero-order chi connectivity index (χ0) is 13.6. The van der Waals surface area contributed by atoms with Crippen LogP contribution in [0.2, 0.25) is 0 Å². The van der Waals surface area contributed by atoms with Crippen LogP contribution in [0, 0.1) is 11.8 Å². The van der Waals surface area contributed by atoms with Gasteiger partial charge in [-0.15, -0.1) is 0 Å². The van der Waals surface area contributed by atoms with Gasteiger partial charge in [0.25, 0.3) is 0 Å². The van der Waals surface area contributed by atoms with Gasteiger partial charge in [-0.25, -0.2) is 13.1 Å². The quantitative estimate of drug-likeness (QED) is 0.696. The van der Waals surface area contributed by atoms with Crippen LogP contribution in [0.5, 0.6) is 0 Å². The van der Waals surface area contributed by atoms with Crippen LogP contribution in [-0.4, -0.2) is 33.3 Å². The molecule has 2 N–H and O–H groups in total. The fraction of sp³-hybridized carbons (Fsp3) is 1.00. The third kappa shape index (κ3) is 6.16. The molecular formula is C13H28N2O2S. The van der Waals surface area contributed by atoms with Gasteiger partial charge in [-0.1, -0.05) is 13.8 Å². The van der Waals surface area contributed by atoms with Gasteiger partial charge < -0.3 is 5.32 Å². The molecule has 0 aliphatic heterocycles. The Labute approximate surface area is 112 Å². The molecule has 1 rings (SSSR count). The molecule has 0 amide bonds. The first-order valence-electron chi connectivity index (χ1n) is 7.13. The fourth-order valence-electron chi connectivity index (χ4n) is 2.84. The van der Waals surface area contributed by atoms with E-state index in [9.17, 15) is 8.42 Å². The molecule has 18 heavy (non-hydrogen) atoms. The molecule has 1 saturated carbocycles. The molecule has 108 valence electrons. The molecule has 0 heterocycles. The van der Waals surface area contributed by atoms with Gasteiger partial charge in [0.05, 0.1) is 5.75 Å². The Kier molecular flexibility index (Phi) is 6.60. The van der Waals surface area contributed by atoms with Crippen molar-refractivity contribution in [1.29, 1.82) is 0 Å². The lowest BCUT2D eigenvalue weighted by Gasteiger charge is -2.32. The highest BCUT2D eigenvalue weighted by molar-refractivity contribution is 7.89. The van der Waals surface area contributed by atoms with Crippen LogP contribution < -0.4 is 10.0 Å². The maximum atomic E-state index is 11.2. The van der Waals surface area contributed by atoms with Gasteiger partial charge in [-0.05, 0) is 51.0 Å². The van der Waals surface area contributed by atoms with Crippen molar-refractivity contribution in [1.82, 2.24) is 10.0 Å². The zero-order valence-corrected chi connectivity index (χ0v) is 12.7. The molecule has 0 radical (unpaired) electrons. The standard InChI is InChI=1S/C13H28N2O2S/c1-4-18(16,17)15-7-5-6-14-13-9-11(2)8-12(3)10-13/h11-15H,4-10H2,1-3H3/t11-,12+,13?. The van der Waals surface area contributed by atoms with E-state index in [0.717, 1.165) is 24.8 Å². The largest absolute Gasteiger partial charge is 0.314 e. The predicted octanol–water partition coefficient (Wildman–Crippen LogP) is 1.73. The van der Waals surface area contributed by atoms with Crippen LogP contribution in [0.4, 0.5) is 0 Å². The first-order chi connectivity index (χ1) is 8.43. The van der Waals surface area contributed by atoms with Gasteiger partial charge in [0.15, 0.2) is 0 Å². The average molecular weight is 276 g/mol. The molecule has 1 unspecified atom stereocenters. The summed E-state index contributed by atoms with van der Waals surface area (Å²) >= 11 is 0. The van der Waals surface area contributed by atoms with Gasteiger partial charge in [0.2, 0.25) is 10.0 Å². The molecule has 3 atom stereocenters. The number of hydrogen-bond donors (Lipinski definition) is 2. The van der Waals surface area contributed by atoms with Gasteiger partial charge in [-0.3, -0.25) is 0 Å². The molecule has 0 aromatic carbocycles. The van der Waals surface area contributed by atoms with Crippen LogP contribution in [0.1, 0.15) is 46.5 Å². The molecule has 4 nitrogen and oxygen atoms in total. The second-order valence-corrected chi connectivity index (χ2v) is 7.82. The summed E-state index contributed by atoms with van der Waals surface area (Å²) in [6.45, 7) is 7.74. The second kappa shape index (κ2) is 7.46. The van der Waals surface area contributed by atoms with E-state index in [1.165, 1.54) is 19.3 Å². The normalized spacial score (nSPS) is 29.4. The number of sulfonamides is 1. The first kappa shape index (κ1) is 15.9. The number of rotatable bonds is 7. The van der Waals surface area contributed by atoms with Crippen molar-refractivity contribution < 1.29 is 8.42 Å². The lowest BCUT2D eigenvalue weighted by Crippen LogP contribution is -2.38. The minimum Gasteiger partial charge on any atom is -0.314 e. The van der Waals surface area contributed by atoms with Gasteiger partial charge >= 0.3 is 0 Å². The number of hydrogen-bond acceptors (Lipinski definition) is 3. The van der Waals surface area contributed by atoms with E-state index in [-0.39, 0.29) is 5.75 Å². The van der Waals surface area contributed by atoms with Crippen LogP contribution in [-0.2, 0) is 10.0 Å². The van der Waals surface area contributed by atoms with E-state index in [2.05, 4.69) is 23.9 Å². The predicted molar refractivity (Wildman–Crippen MR) is 76.1 cm³/mol. The summed E-state index contributed by atoms with van der Waals surface area (Å²) in [5, 5.41) is 3.55. The van der Waals surface area contributed by atoms with Gasteiger partial charge in [0.1, 0.15) is 0 Å². The highest BCUT2D eigenvalue weighted by Crippen LogP contribution is 2.28. The fourth-order valence-corrected chi connectivity index (χ4v) is 3.50. The van der Waals surface area contributed by atoms with E-state index in [1.807, 2.05) is 0 Å². The monoisotopic (exact) mass is 276 g/mol. The van der Waals surface area contributed by atoms with E-state index < -0.39 is 10.0 Å². The Morgan fingerprint density at radius 2 is 1.67 bits per heavy atom. The summed E-state index contributed by atoms with van der Waals surface area (Å²) in [7, 11) is -3.02. The number of nitrogens with one attached hydrogen (secondary N) is 2. The van der Waals surface area contributed by atoms with Crippen molar-refractivity contribution >= 4 is 10.0 Å². The van der Waals surface area contributed by atoms with E-state index in [4.69, 9.17) is 0 Å². The van der Waals surface area contributed by atoms with Crippen molar-refractivity contribution in [3.8, 4) is 0 Å². The van der Waals surface area contributed by atoms with Gasteiger partial charge in [0, 0.05) is 12.6 Å². The Morgan fingerprint density at radius 1 is 1.06 bits per heavy atom. The molecule has 0 bridgehead atoms. The average Bonchev–Trinajstić information content (AvgIpc) is 2.27. The summed E-state index contributed by atoms with van der Waals surface area (Å²) < 4.78 is 25.0. The molecule has 1 fully saturated rings. The Hall–Kier alpha value is -0.130. The van der Waals surface area contributed by atoms with Crippen molar-refractivity contribution in [2.75, 3.05) is 18.8 Å². The molecule has 5 heteroatoms. The van der Waals surface area contributed by atoms with Gasteiger partial charge in [-0.2, -0.15) is 0 Å². The topological polar surface area (TPSA) is 58.2 Å². The zero-order valence-electron chi connectivity index (χ0n) is 11.9. The lowest BCUT2D eigenvalue weighted by molar-refractivity contribution is 0.239. The molecule has 0 saturated heterocycles. The lowest BCUT2D eigenvalue weighted by atomic mass is 9.80. The van der Waals surface area contributed by atoms with Crippen molar-refractivity contribution in [2.45, 2.75) is 52.5 Å². The Balaban J connectivity index is 2.11. The summed E-state index contributed by atoms with van der Waals surface area (Å²) in [4.78, 5) is 0. The third-order valence-corrected chi connectivity index (χ3v) is 5.07. The SMILES string of the molecule is CCS(=O)(=O)NCCCNC1C[C@@H](C)C[C@@H](C)C1. The minimum absolute atomic E-state index is 0.165. The second-order valence-electron chi connectivity index (χ2n) is 5.72. The summed E-state index contributed by atoms with van der Waals surface area (Å²) in [5.41, 5.74) is 0. The first-order valence-corrected chi connectivity index (χ1v) is 8.79. The van der Waals surface area contributed by atoms with Crippen LogP contribution >= 0.6 is 0 Å². The minimum atomic E-state index is -3.02. The third-order valence-electron chi connectivity index (χ3n) is 3.67. The highest BCUT2D eigenvalue weighted by atomic mass is 32.2. The van der Waals surface area contributed by atoms with Crippen molar-refractivity contribution in [2.24, 2.45) is 11.8 Å². The smallest absolute Gasteiger partial charge is 0.211 e. The van der Waals surface area contributed by atoms with E-state index in [0.29, 0.717) is 12.6 Å². The molecule has 0 aromatic heterocycles. The summed E-state index contributed by atoms with van der Waals surface area (Å²) in [6, 6.07) is 0.617. The van der Waals surface area contributed by atoms with E-state index >= 15 is 0 Å². The van der Waals surface area contributed by atoms with Crippen LogP contribution in [0.25, 0.3) is 0 Å². The van der Waals surface area contributed by atoms with Crippen molar-refractivity contribution in [3.05, 3.63) is 0 Å². The molecule has 0 aromatic rings. The maximum absolute atomic E-state index is 11.2. The maximum Gasteiger partial charge on any atom is 0.211 e. The van der Waals surface area contributed by atoms with Crippen molar-refractivity contribution in [3.63, 3.8) is 0 Å². The Bertz CT molecular complexity index is 320. The highest BCUT2D eigenvalue weighted by Gasteiger charge is 2.23. The summed E-state index contributed by atoms with van der Waals surface area (Å²) in [6.07, 6.45) is 4.71. The summed E-state index contributed by atoms with van der Waals surface area (Å²) in [5.74, 6) is 1.78. The molecule has 0 spiro atoms. The van der Waals surface area contributed by atoms with E-state index in [1.54, 1.807) is 6.92 Å².